The summed E-state index contributed by atoms with van der Waals surface area (Å²) in [4.78, 5) is 4.20. The number of anilines is 2. The molecule has 100 valence electrons. The van der Waals surface area contributed by atoms with E-state index >= 15 is 0 Å². The van der Waals surface area contributed by atoms with Gasteiger partial charge in [-0.25, -0.2) is 0 Å². The van der Waals surface area contributed by atoms with Gasteiger partial charge in [-0.1, -0.05) is 0 Å². The lowest BCUT2D eigenvalue weighted by Crippen LogP contribution is -2.50. The number of hydrogen-bond donors (Lipinski definition) is 0. The van der Waals surface area contributed by atoms with Crippen LogP contribution in [-0.2, 0) is 6.67 Å². The monoisotopic (exact) mass is 258 g/mol. The van der Waals surface area contributed by atoms with E-state index in [1.54, 1.807) is 0 Å². The molecule has 4 nitrogen and oxygen atoms in total. The van der Waals surface area contributed by atoms with Gasteiger partial charge < -0.3 is 9.80 Å². The molecular weight excluding hydrogens is 236 g/mol. The molecule has 0 fully saturated rings. The molecule has 19 heavy (non-hydrogen) atoms. The third-order valence-corrected chi connectivity index (χ3v) is 3.11. The SMILES string of the molecule is CN(C)c1cc[n+](C[n+]2ccc(N(C)C)cc2)cc1. The Morgan fingerprint density at radius 2 is 1.00 bits per heavy atom. The van der Waals surface area contributed by atoms with Crippen LogP contribution in [0, 0.1) is 0 Å². The zero-order valence-electron chi connectivity index (χ0n) is 12.1. The molecule has 0 aromatic carbocycles. The minimum absolute atomic E-state index is 0.821. The van der Waals surface area contributed by atoms with Crippen LogP contribution < -0.4 is 18.9 Å². The predicted octanol–water partition coefficient (Wildman–Crippen LogP) is 0.899. The molecule has 2 aromatic rings. The number of rotatable bonds is 4. The highest BCUT2D eigenvalue weighted by Gasteiger charge is 2.08. The molecule has 0 N–H and O–H groups in total. The first-order valence-electron chi connectivity index (χ1n) is 6.39. The second-order valence-corrected chi connectivity index (χ2v) is 5.07. The van der Waals surface area contributed by atoms with Gasteiger partial charge >= 0.3 is 6.67 Å². The van der Waals surface area contributed by atoms with Gasteiger partial charge in [-0.2, -0.15) is 0 Å². The van der Waals surface area contributed by atoms with Crippen LogP contribution in [0.15, 0.2) is 49.1 Å². The van der Waals surface area contributed by atoms with Crippen molar-refractivity contribution in [2.45, 2.75) is 6.67 Å². The highest BCUT2D eigenvalue weighted by Crippen LogP contribution is 2.06. The normalized spacial score (nSPS) is 10.3. The van der Waals surface area contributed by atoms with Crippen molar-refractivity contribution in [1.29, 1.82) is 0 Å². The predicted molar refractivity (Wildman–Crippen MR) is 77.3 cm³/mol. The van der Waals surface area contributed by atoms with Gasteiger partial charge in [0.2, 0.25) is 0 Å². The molecule has 0 aliphatic carbocycles. The topological polar surface area (TPSA) is 14.2 Å². The largest absolute Gasteiger partial charge is 0.377 e. The molecule has 0 bridgehead atoms. The molecule has 0 amide bonds. The molecule has 0 spiro atoms. The third kappa shape index (κ3) is 3.44. The van der Waals surface area contributed by atoms with E-state index in [0.29, 0.717) is 0 Å². The summed E-state index contributed by atoms with van der Waals surface area (Å²) in [6.07, 6.45) is 8.40. The highest BCUT2D eigenvalue weighted by atomic mass is 15.1. The zero-order valence-corrected chi connectivity index (χ0v) is 12.1. The Morgan fingerprint density at radius 1 is 0.684 bits per heavy atom. The lowest BCUT2D eigenvalue weighted by Gasteiger charge is -2.10. The molecule has 2 rings (SSSR count). The summed E-state index contributed by atoms with van der Waals surface area (Å²) in [5, 5.41) is 0. The van der Waals surface area contributed by atoms with Gasteiger partial charge in [0.05, 0.1) is 0 Å². The maximum absolute atomic E-state index is 2.16. The molecule has 0 aliphatic heterocycles. The van der Waals surface area contributed by atoms with Crippen LogP contribution in [0.3, 0.4) is 0 Å². The number of pyridine rings is 2. The summed E-state index contributed by atoms with van der Waals surface area (Å²) in [6, 6.07) is 8.48. The molecule has 0 saturated heterocycles. The third-order valence-electron chi connectivity index (χ3n) is 3.11. The Bertz CT molecular complexity index is 465. The quantitative estimate of drug-likeness (QED) is 0.757. The van der Waals surface area contributed by atoms with Crippen LogP contribution in [0.2, 0.25) is 0 Å². The molecule has 0 aliphatic rings. The van der Waals surface area contributed by atoms with Crippen molar-refractivity contribution in [3.63, 3.8) is 0 Å². The first-order valence-corrected chi connectivity index (χ1v) is 6.39. The zero-order chi connectivity index (χ0) is 13.8. The van der Waals surface area contributed by atoms with Crippen molar-refractivity contribution in [2.75, 3.05) is 38.0 Å². The van der Waals surface area contributed by atoms with E-state index in [2.05, 4.69) is 68.0 Å². The van der Waals surface area contributed by atoms with Crippen LogP contribution >= 0.6 is 0 Å². The summed E-state index contributed by atoms with van der Waals surface area (Å²) in [5.74, 6) is 0. The first-order chi connectivity index (χ1) is 9.06. The van der Waals surface area contributed by atoms with E-state index < -0.39 is 0 Å². The summed E-state index contributed by atoms with van der Waals surface area (Å²) in [5.41, 5.74) is 2.42. The fourth-order valence-electron chi connectivity index (χ4n) is 1.87. The fourth-order valence-corrected chi connectivity index (χ4v) is 1.87. The second kappa shape index (κ2) is 5.69. The number of aromatic nitrogens is 2. The molecule has 0 unspecified atom stereocenters. The lowest BCUT2D eigenvalue weighted by atomic mass is 10.4. The summed E-state index contributed by atoms with van der Waals surface area (Å²) in [7, 11) is 8.20. The maximum Gasteiger partial charge on any atom is 0.343 e. The lowest BCUT2D eigenvalue weighted by molar-refractivity contribution is -0.913. The summed E-state index contributed by atoms with van der Waals surface area (Å²) >= 11 is 0. The fraction of sp³-hybridized carbons (Fsp3) is 0.333. The average Bonchev–Trinajstić information content (AvgIpc) is 2.40. The van der Waals surface area contributed by atoms with E-state index in [1.165, 1.54) is 11.4 Å². The van der Waals surface area contributed by atoms with Crippen LogP contribution in [-0.4, -0.2) is 28.2 Å². The maximum atomic E-state index is 2.16. The van der Waals surface area contributed by atoms with Crippen LogP contribution in [0.25, 0.3) is 0 Å². The van der Waals surface area contributed by atoms with E-state index in [-0.39, 0.29) is 0 Å². The van der Waals surface area contributed by atoms with Crippen LogP contribution in [0.4, 0.5) is 11.4 Å². The minimum atomic E-state index is 0.821. The van der Waals surface area contributed by atoms with Gasteiger partial charge in [0.25, 0.3) is 0 Å². The van der Waals surface area contributed by atoms with Gasteiger partial charge in [0.15, 0.2) is 24.8 Å². The Kier molecular flexibility index (Phi) is 4.00. The Morgan fingerprint density at radius 3 is 1.26 bits per heavy atom. The Labute approximate surface area is 115 Å². The number of hydrogen-bond acceptors (Lipinski definition) is 2. The van der Waals surface area contributed by atoms with Crippen molar-refractivity contribution in [1.82, 2.24) is 0 Å². The molecule has 2 heterocycles. The van der Waals surface area contributed by atoms with E-state index in [1.807, 2.05) is 28.2 Å². The molecule has 0 saturated carbocycles. The van der Waals surface area contributed by atoms with Crippen molar-refractivity contribution in [2.24, 2.45) is 0 Å². The second-order valence-electron chi connectivity index (χ2n) is 5.07. The smallest absolute Gasteiger partial charge is 0.343 e. The Hall–Kier alpha value is -2.10. The summed E-state index contributed by atoms with van der Waals surface area (Å²) < 4.78 is 4.31. The van der Waals surface area contributed by atoms with Crippen molar-refractivity contribution in [3.8, 4) is 0 Å². The highest BCUT2D eigenvalue weighted by molar-refractivity contribution is 5.42. The van der Waals surface area contributed by atoms with E-state index in [9.17, 15) is 0 Å². The van der Waals surface area contributed by atoms with Gasteiger partial charge in [-0.05, 0) is 0 Å². The van der Waals surface area contributed by atoms with Crippen molar-refractivity contribution in [3.05, 3.63) is 49.1 Å². The summed E-state index contributed by atoms with van der Waals surface area (Å²) in [6.45, 7) is 0.821. The number of nitrogens with zero attached hydrogens (tertiary/aromatic N) is 4. The van der Waals surface area contributed by atoms with Crippen LogP contribution in [0.1, 0.15) is 0 Å². The average molecular weight is 258 g/mol. The van der Waals surface area contributed by atoms with E-state index in [0.717, 1.165) is 6.67 Å². The molecule has 2 aromatic heterocycles. The standard InChI is InChI=1S/C15H22N4/c1-16(2)14-5-9-18(10-6-14)13-19-11-7-15(8-12-19)17(3)4/h5-12H,13H2,1-4H3/q+2. The van der Waals surface area contributed by atoms with Gasteiger partial charge in [-0.15, -0.1) is 9.13 Å². The van der Waals surface area contributed by atoms with Crippen molar-refractivity contribution < 1.29 is 9.13 Å². The molecule has 0 atom stereocenters. The van der Waals surface area contributed by atoms with E-state index in [4.69, 9.17) is 0 Å². The first kappa shape index (κ1) is 13.3. The molecular formula is C15H22N4+2. The van der Waals surface area contributed by atoms with Crippen molar-refractivity contribution >= 4 is 11.4 Å². The van der Waals surface area contributed by atoms with Gasteiger partial charge in [0.1, 0.15) is 0 Å². The minimum Gasteiger partial charge on any atom is -0.377 e. The molecule has 4 heteroatoms. The van der Waals surface area contributed by atoms with Gasteiger partial charge in [0, 0.05) is 63.8 Å². The van der Waals surface area contributed by atoms with Crippen LogP contribution in [0.5, 0.6) is 0 Å². The molecule has 0 radical (unpaired) electrons. The Balaban J connectivity index is 2.08. The van der Waals surface area contributed by atoms with Gasteiger partial charge in [-0.3, -0.25) is 0 Å².